The van der Waals surface area contributed by atoms with Gasteiger partial charge in [-0.25, -0.2) is 0 Å². The standard InChI is InChI=1S/C12H13F3N2O3/c1-7(20-6-12(13,14)15)11(19)17-9-4-2-8(3-5-9)10(16)18/h2-5,7H,6H2,1H3,(H2,16,18)(H,17,19)/t7-/m1/s1. The minimum Gasteiger partial charge on any atom is -0.366 e. The van der Waals surface area contributed by atoms with E-state index in [-0.39, 0.29) is 5.56 Å². The quantitative estimate of drug-likeness (QED) is 0.865. The normalized spacial score (nSPS) is 12.8. The molecular formula is C12H13F3N2O3. The van der Waals surface area contributed by atoms with Gasteiger partial charge in [0.2, 0.25) is 5.91 Å². The second-order valence-electron chi connectivity index (χ2n) is 4.00. The van der Waals surface area contributed by atoms with Gasteiger partial charge < -0.3 is 15.8 Å². The summed E-state index contributed by atoms with van der Waals surface area (Å²) in [6, 6.07) is 5.60. The van der Waals surface area contributed by atoms with Crippen LogP contribution in [0.1, 0.15) is 17.3 Å². The van der Waals surface area contributed by atoms with Crippen LogP contribution in [0.5, 0.6) is 0 Å². The summed E-state index contributed by atoms with van der Waals surface area (Å²) < 4.78 is 40.2. The van der Waals surface area contributed by atoms with Crippen molar-refractivity contribution >= 4 is 17.5 Å². The lowest BCUT2D eigenvalue weighted by molar-refractivity contribution is -0.184. The van der Waals surface area contributed by atoms with Crippen molar-refractivity contribution in [3.05, 3.63) is 29.8 Å². The average Bonchev–Trinajstić information content (AvgIpc) is 2.35. The van der Waals surface area contributed by atoms with Crippen LogP contribution in [0.4, 0.5) is 18.9 Å². The number of hydrogen-bond acceptors (Lipinski definition) is 3. The fourth-order valence-corrected chi connectivity index (χ4v) is 1.26. The van der Waals surface area contributed by atoms with Crippen molar-refractivity contribution in [3.8, 4) is 0 Å². The Kier molecular flexibility index (Phi) is 5.09. The van der Waals surface area contributed by atoms with E-state index in [1.165, 1.54) is 31.2 Å². The van der Waals surface area contributed by atoms with E-state index in [9.17, 15) is 22.8 Å². The summed E-state index contributed by atoms with van der Waals surface area (Å²) in [4.78, 5) is 22.4. The number of nitrogens with two attached hydrogens (primary N) is 1. The number of rotatable bonds is 5. The summed E-state index contributed by atoms with van der Waals surface area (Å²) in [6.45, 7) is -0.291. The van der Waals surface area contributed by atoms with Gasteiger partial charge in [0.25, 0.3) is 5.91 Å². The molecule has 1 aromatic rings. The van der Waals surface area contributed by atoms with Crippen LogP contribution in [-0.4, -0.2) is 30.7 Å². The molecule has 0 aromatic heterocycles. The monoisotopic (exact) mass is 290 g/mol. The third-order valence-corrected chi connectivity index (χ3v) is 2.30. The van der Waals surface area contributed by atoms with Crippen molar-refractivity contribution in [3.63, 3.8) is 0 Å². The van der Waals surface area contributed by atoms with E-state index in [2.05, 4.69) is 10.1 Å². The fraction of sp³-hybridized carbons (Fsp3) is 0.333. The van der Waals surface area contributed by atoms with Crippen LogP contribution in [0.2, 0.25) is 0 Å². The minimum absolute atomic E-state index is 0.254. The van der Waals surface area contributed by atoms with E-state index in [1.54, 1.807) is 0 Å². The van der Waals surface area contributed by atoms with Crippen molar-refractivity contribution in [1.29, 1.82) is 0 Å². The highest BCUT2D eigenvalue weighted by Gasteiger charge is 2.29. The van der Waals surface area contributed by atoms with Gasteiger partial charge in [-0.1, -0.05) is 0 Å². The molecule has 0 aliphatic carbocycles. The molecule has 0 unspecified atom stereocenters. The molecule has 0 saturated carbocycles. The number of ether oxygens (including phenoxy) is 1. The Labute approximate surface area is 112 Å². The predicted molar refractivity (Wildman–Crippen MR) is 65.1 cm³/mol. The van der Waals surface area contributed by atoms with Crippen LogP contribution >= 0.6 is 0 Å². The Balaban J connectivity index is 2.55. The third-order valence-electron chi connectivity index (χ3n) is 2.30. The first-order valence-electron chi connectivity index (χ1n) is 5.58. The lowest BCUT2D eigenvalue weighted by Gasteiger charge is -2.14. The number of anilines is 1. The van der Waals surface area contributed by atoms with Crippen molar-refractivity contribution in [1.82, 2.24) is 0 Å². The number of carbonyl (C=O) groups is 2. The van der Waals surface area contributed by atoms with Gasteiger partial charge in [-0.2, -0.15) is 13.2 Å². The first-order valence-corrected chi connectivity index (χ1v) is 5.58. The largest absolute Gasteiger partial charge is 0.411 e. The number of halogens is 3. The van der Waals surface area contributed by atoms with Crippen molar-refractivity contribution in [2.75, 3.05) is 11.9 Å². The van der Waals surface area contributed by atoms with Crippen LogP contribution in [0.15, 0.2) is 24.3 Å². The van der Waals surface area contributed by atoms with Gasteiger partial charge in [-0.3, -0.25) is 9.59 Å². The Morgan fingerprint density at radius 1 is 1.30 bits per heavy atom. The molecule has 110 valence electrons. The molecule has 2 amide bonds. The highest BCUT2D eigenvalue weighted by molar-refractivity contribution is 5.96. The molecule has 5 nitrogen and oxygen atoms in total. The molecule has 1 atom stereocenters. The summed E-state index contributed by atoms with van der Waals surface area (Å²) >= 11 is 0. The molecule has 0 saturated heterocycles. The first kappa shape index (κ1) is 16.0. The number of primary amides is 1. The molecule has 1 aromatic carbocycles. The summed E-state index contributed by atoms with van der Waals surface area (Å²) in [5.74, 6) is -1.34. The maximum absolute atomic E-state index is 11.9. The molecule has 0 radical (unpaired) electrons. The van der Waals surface area contributed by atoms with Gasteiger partial charge in [-0.15, -0.1) is 0 Å². The zero-order valence-electron chi connectivity index (χ0n) is 10.5. The number of benzene rings is 1. The summed E-state index contributed by atoms with van der Waals surface area (Å²) in [5, 5.41) is 2.36. The fourth-order valence-electron chi connectivity index (χ4n) is 1.26. The van der Waals surface area contributed by atoms with E-state index in [0.29, 0.717) is 5.69 Å². The number of carbonyl (C=O) groups excluding carboxylic acids is 2. The second-order valence-corrected chi connectivity index (χ2v) is 4.00. The maximum Gasteiger partial charge on any atom is 0.411 e. The lowest BCUT2D eigenvalue weighted by atomic mass is 10.2. The van der Waals surface area contributed by atoms with Crippen LogP contribution in [0, 0.1) is 0 Å². The molecule has 20 heavy (non-hydrogen) atoms. The summed E-state index contributed by atoms with van der Waals surface area (Å²) in [5.41, 5.74) is 5.62. The van der Waals surface area contributed by atoms with E-state index in [0.717, 1.165) is 0 Å². The molecule has 8 heteroatoms. The molecular weight excluding hydrogens is 277 g/mol. The Bertz CT molecular complexity index is 486. The topological polar surface area (TPSA) is 81.4 Å². The molecule has 0 heterocycles. The highest BCUT2D eigenvalue weighted by Crippen LogP contribution is 2.16. The first-order chi connectivity index (χ1) is 9.19. The molecule has 0 bridgehead atoms. The van der Waals surface area contributed by atoms with Gasteiger partial charge in [0.1, 0.15) is 12.7 Å². The van der Waals surface area contributed by atoms with E-state index in [4.69, 9.17) is 5.73 Å². The van der Waals surface area contributed by atoms with Gasteiger partial charge in [0, 0.05) is 11.3 Å². The third kappa shape index (κ3) is 5.27. The van der Waals surface area contributed by atoms with Gasteiger partial charge in [0.15, 0.2) is 0 Å². The predicted octanol–water partition coefficient (Wildman–Crippen LogP) is 1.69. The van der Waals surface area contributed by atoms with E-state index >= 15 is 0 Å². The Hall–Kier alpha value is -2.09. The van der Waals surface area contributed by atoms with Crippen LogP contribution < -0.4 is 11.1 Å². The average molecular weight is 290 g/mol. The van der Waals surface area contributed by atoms with Gasteiger partial charge in [0.05, 0.1) is 0 Å². The lowest BCUT2D eigenvalue weighted by Crippen LogP contribution is -2.31. The highest BCUT2D eigenvalue weighted by atomic mass is 19.4. The Morgan fingerprint density at radius 3 is 2.30 bits per heavy atom. The molecule has 1 rings (SSSR count). The zero-order valence-corrected chi connectivity index (χ0v) is 10.5. The van der Waals surface area contributed by atoms with Crippen LogP contribution in [-0.2, 0) is 9.53 Å². The van der Waals surface area contributed by atoms with E-state index in [1.807, 2.05) is 0 Å². The minimum atomic E-state index is -4.49. The number of hydrogen-bond donors (Lipinski definition) is 2. The second kappa shape index (κ2) is 6.38. The summed E-state index contributed by atoms with van der Waals surface area (Å²) in [7, 11) is 0. The molecule has 3 N–H and O–H groups in total. The maximum atomic E-state index is 11.9. The van der Waals surface area contributed by atoms with Crippen molar-refractivity contribution < 1.29 is 27.5 Å². The molecule has 0 fully saturated rings. The van der Waals surface area contributed by atoms with Gasteiger partial charge in [-0.05, 0) is 31.2 Å². The van der Waals surface area contributed by atoms with Gasteiger partial charge >= 0.3 is 6.18 Å². The molecule has 0 aliphatic rings. The van der Waals surface area contributed by atoms with Crippen molar-refractivity contribution in [2.24, 2.45) is 5.73 Å². The number of amides is 2. The molecule has 0 spiro atoms. The zero-order chi connectivity index (χ0) is 15.3. The van der Waals surface area contributed by atoms with Crippen LogP contribution in [0.25, 0.3) is 0 Å². The van der Waals surface area contributed by atoms with E-state index < -0.39 is 30.7 Å². The summed E-state index contributed by atoms with van der Waals surface area (Å²) in [6.07, 6.45) is -5.75. The smallest absolute Gasteiger partial charge is 0.366 e. The SMILES string of the molecule is C[C@@H](OCC(F)(F)F)C(=O)Nc1ccc(C(N)=O)cc1. The number of nitrogens with one attached hydrogen (secondary N) is 1. The Morgan fingerprint density at radius 2 is 1.85 bits per heavy atom. The van der Waals surface area contributed by atoms with Crippen molar-refractivity contribution in [2.45, 2.75) is 19.2 Å². The molecule has 0 aliphatic heterocycles. The van der Waals surface area contributed by atoms with Crippen LogP contribution in [0.3, 0.4) is 0 Å². The number of alkyl halides is 3.